The summed E-state index contributed by atoms with van der Waals surface area (Å²) in [5.41, 5.74) is 4.02. The average molecular weight is 398 g/mol. The van der Waals surface area contributed by atoms with Crippen LogP contribution in [-0.2, 0) is 20.7 Å². The van der Waals surface area contributed by atoms with E-state index in [1.807, 2.05) is 42.5 Å². The molecular formula is C25H22N2O3. The Labute approximate surface area is 174 Å². The second-order valence-electron chi connectivity index (χ2n) is 7.70. The number of H-pyrrole nitrogens is 1. The number of esters is 1. The van der Waals surface area contributed by atoms with Gasteiger partial charge in [-0.2, -0.15) is 0 Å². The maximum atomic E-state index is 12.9. The Hall–Kier alpha value is -3.60. The van der Waals surface area contributed by atoms with Gasteiger partial charge in [-0.15, -0.1) is 0 Å². The fourth-order valence-electron chi connectivity index (χ4n) is 4.81. The first-order chi connectivity index (χ1) is 14.6. The van der Waals surface area contributed by atoms with E-state index in [-0.39, 0.29) is 5.91 Å². The Morgan fingerprint density at radius 2 is 1.67 bits per heavy atom. The Balaban J connectivity index is 1.84. The number of hydrogen-bond acceptors (Lipinski definition) is 3. The number of aromatic amines is 1. The Kier molecular flexibility index (Phi) is 4.31. The molecule has 0 aliphatic carbocycles. The largest absolute Gasteiger partial charge is 0.467 e. The molecule has 1 N–H and O–H groups in total. The SMILES string of the molecule is COC(=O)[C@H]1Cc2c([nH]c3ccccc23)[C@H](c2cccc3ccccc23)N1C(C)=O. The van der Waals surface area contributed by atoms with Crippen LogP contribution in [0.15, 0.2) is 66.7 Å². The molecule has 4 aromatic rings. The molecule has 0 fully saturated rings. The molecule has 3 aromatic carbocycles. The first-order valence-electron chi connectivity index (χ1n) is 10.0. The standard InChI is InChI=1S/C25H22N2O3/c1-15(28)27-22(25(29)30-2)14-20-18-11-5-6-13-21(18)26-23(20)24(27)19-12-7-9-16-8-3-4-10-17(16)19/h3-13,22,24,26H,14H2,1-2H3/t22-,24+/m1/s1. The maximum absolute atomic E-state index is 12.9. The summed E-state index contributed by atoms with van der Waals surface area (Å²) in [4.78, 5) is 30.9. The number of nitrogens with zero attached hydrogens (tertiary/aromatic N) is 1. The van der Waals surface area contributed by atoms with Gasteiger partial charge in [-0.25, -0.2) is 4.79 Å². The Morgan fingerprint density at radius 3 is 2.43 bits per heavy atom. The van der Waals surface area contributed by atoms with Crippen molar-refractivity contribution in [2.24, 2.45) is 0 Å². The third kappa shape index (κ3) is 2.70. The van der Waals surface area contributed by atoms with Crippen LogP contribution >= 0.6 is 0 Å². The number of methoxy groups -OCH3 is 1. The zero-order chi connectivity index (χ0) is 20.8. The fourth-order valence-corrected chi connectivity index (χ4v) is 4.81. The van der Waals surface area contributed by atoms with Crippen molar-refractivity contribution in [3.05, 3.63) is 83.6 Å². The summed E-state index contributed by atoms with van der Waals surface area (Å²) in [6, 6.07) is 21.2. The number of fused-ring (bicyclic) bond motifs is 4. The first kappa shape index (κ1) is 18.4. The number of aromatic nitrogens is 1. The zero-order valence-electron chi connectivity index (χ0n) is 16.9. The molecular weight excluding hydrogens is 376 g/mol. The number of para-hydroxylation sites is 1. The number of carbonyl (C=O) groups is 2. The van der Waals surface area contributed by atoms with Gasteiger partial charge in [-0.05, 0) is 28.0 Å². The predicted molar refractivity (Wildman–Crippen MR) is 116 cm³/mol. The molecule has 1 amide bonds. The summed E-state index contributed by atoms with van der Waals surface area (Å²) in [7, 11) is 1.37. The average Bonchev–Trinajstić information content (AvgIpc) is 3.15. The van der Waals surface area contributed by atoms with Gasteiger partial charge >= 0.3 is 5.97 Å². The molecule has 1 aromatic heterocycles. The first-order valence-corrected chi connectivity index (χ1v) is 10.0. The summed E-state index contributed by atoms with van der Waals surface area (Å²) in [5, 5.41) is 3.23. The molecule has 0 spiro atoms. The van der Waals surface area contributed by atoms with E-state index in [0.29, 0.717) is 6.42 Å². The number of carbonyl (C=O) groups excluding carboxylic acids is 2. The van der Waals surface area contributed by atoms with E-state index in [4.69, 9.17) is 4.74 Å². The van der Waals surface area contributed by atoms with E-state index in [1.54, 1.807) is 4.90 Å². The van der Waals surface area contributed by atoms with Gasteiger partial charge in [0, 0.05) is 29.9 Å². The summed E-state index contributed by atoms with van der Waals surface area (Å²) in [6.07, 6.45) is 0.423. The van der Waals surface area contributed by atoms with E-state index in [9.17, 15) is 9.59 Å². The lowest BCUT2D eigenvalue weighted by Crippen LogP contribution is -2.51. The van der Waals surface area contributed by atoms with Gasteiger partial charge in [0.15, 0.2) is 0 Å². The van der Waals surface area contributed by atoms with E-state index >= 15 is 0 Å². The number of hydrogen-bond donors (Lipinski definition) is 1. The molecule has 0 unspecified atom stereocenters. The number of amides is 1. The smallest absolute Gasteiger partial charge is 0.328 e. The minimum atomic E-state index is -0.678. The van der Waals surface area contributed by atoms with Crippen molar-refractivity contribution < 1.29 is 14.3 Å². The van der Waals surface area contributed by atoms with Gasteiger partial charge in [0.25, 0.3) is 0 Å². The molecule has 5 rings (SSSR count). The summed E-state index contributed by atoms with van der Waals surface area (Å²) in [5.74, 6) is -0.556. The second kappa shape index (κ2) is 7.02. The lowest BCUT2D eigenvalue weighted by atomic mass is 9.86. The minimum absolute atomic E-state index is 0.160. The normalized spacial score (nSPS) is 18.4. The lowest BCUT2D eigenvalue weighted by molar-refractivity contribution is -0.154. The van der Waals surface area contributed by atoms with Crippen molar-refractivity contribution in [1.82, 2.24) is 9.88 Å². The second-order valence-corrected chi connectivity index (χ2v) is 7.70. The van der Waals surface area contributed by atoms with E-state index < -0.39 is 18.1 Å². The van der Waals surface area contributed by atoms with Crippen LogP contribution in [0, 0.1) is 0 Å². The number of benzene rings is 3. The number of rotatable bonds is 2. The van der Waals surface area contributed by atoms with Crippen LogP contribution in [0.1, 0.15) is 29.8 Å². The third-order valence-electron chi connectivity index (χ3n) is 6.09. The van der Waals surface area contributed by atoms with Gasteiger partial charge in [-0.3, -0.25) is 4.79 Å². The van der Waals surface area contributed by atoms with Gasteiger partial charge < -0.3 is 14.6 Å². The summed E-state index contributed by atoms with van der Waals surface area (Å²) in [6.45, 7) is 1.52. The quantitative estimate of drug-likeness (QED) is 0.511. The number of ether oxygens (including phenoxy) is 1. The highest BCUT2D eigenvalue weighted by atomic mass is 16.5. The molecule has 30 heavy (non-hydrogen) atoms. The molecule has 0 saturated carbocycles. The number of nitrogens with one attached hydrogen (secondary N) is 1. The van der Waals surface area contributed by atoms with Gasteiger partial charge in [0.05, 0.1) is 13.2 Å². The molecule has 0 bridgehead atoms. The molecule has 1 aliphatic heterocycles. The van der Waals surface area contributed by atoms with Crippen LogP contribution in [0.5, 0.6) is 0 Å². The Bertz CT molecular complexity index is 1280. The molecule has 0 radical (unpaired) electrons. The topological polar surface area (TPSA) is 62.4 Å². The van der Waals surface area contributed by atoms with E-state index in [1.165, 1.54) is 14.0 Å². The molecule has 0 saturated heterocycles. The van der Waals surface area contributed by atoms with Crippen LogP contribution in [-0.4, -0.2) is 34.9 Å². The van der Waals surface area contributed by atoms with Gasteiger partial charge in [-0.1, -0.05) is 60.7 Å². The van der Waals surface area contributed by atoms with Gasteiger partial charge in [0.2, 0.25) is 5.91 Å². The van der Waals surface area contributed by atoms with Crippen molar-refractivity contribution in [1.29, 1.82) is 0 Å². The van der Waals surface area contributed by atoms with Crippen molar-refractivity contribution in [3.8, 4) is 0 Å². The van der Waals surface area contributed by atoms with Crippen LogP contribution in [0.3, 0.4) is 0 Å². The van der Waals surface area contributed by atoms with Crippen LogP contribution in [0.25, 0.3) is 21.7 Å². The summed E-state index contributed by atoms with van der Waals surface area (Å²) >= 11 is 0. The maximum Gasteiger partial charge on any atom is 0.328 e. The fraction of sp³-hybridized carbons (Fsp3) is 0.200. The van der Waals surface area contributed by atoms with Gasteiger partial charge in [0.1, 0.15) is 6.04 Å². The monoisotopic (exact) mass is 398 g/mol. The highest BCUT2D eigenvalue weighted by Gasteiger charge is 2.43. The van der Waals surface area contributed by atoms with E-state index in [0.717, 1.165) is 38.5 Å². The van der Waals surface area contributed by atoms with Crippen LogP contribution in [0.4, 0.5) is 0 Å². The minimum Gasteiger partial charge on any atom is -0.467 e. The predicted octanol–water partition coefficient (Wildman–Crippen LogP) is 4.36. The molecule has 2 atom stereocenters. The molecule has 2 heterocycles. The molecule has 5 nitrogen and oxygen atoms in total. The van der Waals surface area contributed by atoms with Crippen molar-refractivity contribution >= 4 is 33.6 Å². The zero-order valence-corrected chi connectivity index (χ0v) is 16.9. The third-order valence-corrected chi connectivity index (χ3v) is 6.09. The Morgan fingerprint density at radius 1 is 0.967 bits per heavy atom. The summed E-state index contributed by atoms with van der Waals surface area (Å²) < 4.78 is 5.10. The highest BCUT2D eigenvalue weighted by molar-refractivity contribution is 5.92. The molecule has 150 valence electrons. The van der Waals surface area contributed by atoms with Crippen molar-refractivity contribution in [2.75, 3.05) is 7.11 Å². The lowest BCUT2D eigenvalue weighted by Gasteiger charge is -2.40. The van der Waals surface area contributed by atoms with Crippen molar-refractivity contribution in [3.63, 3.8) is 0 Å². The van der Waals surface area contributed by atoms with Crippen molar-refractivity contribution in [2.45, 2.75) is 25.4 Å². The molecule has 5 heteroatoms. The van der Waals surface area contributed by atoms with E-state index in [2.05, 4.69) is 29.2 Å². The van der Waals surface area contributed by atoms with Crippen LogP contribution in [0.2, 0.25) is 0 Å². The highest BCUT2D eigenvalue weighted by Crippen LogP contribution is 2.43. The van der Waals surface area contributed by atoms with Crippen LogP contribution < -0.4 is 0 Å². The molecule has 1 aliphatic rings.